The molecule has 0 heterocycles. The number of carbonyl (C=O) groups is 1. The monoisotopic (exact) mass is 313 g/mol. The first-order valence-electron chi connectivity index (χ1n) is 6.81. The van der Waals surface area contributed by atoms with Gasteiger partial charge < -0.3 is 10.6 Å². The van der Waals surface area contributed by atoms with E-state index in [2.05, 4.69) is 10.6 Å². The van der Waals surface area contributed by atoms with Crippen molar-refractivity contribution in [2.75, 3.05) is 17.2 Å². The van der Waals surface area contributed by atoms with Gasteiger partial charge in [0.25, 0.3) is 0 Å². The second-order valence-corrected chi connectivity index (χ2v) is 5.41. The van der Waals surface area contributed by atoms with Gasteiger partial charge in [0.2, 0.25) is 5.91 Å². The molecule has 22 heavy (non-hydrogen) atoms. The average Bonchev–Trinajstić information content (AvgIpc) is 2.47. The molecule has 0 aliphatic rings. The number of nitriles is 1. The number of anilines is 2. The Morgan fingerprint density at radius 2 is 1.91 bits per heavy atom. The number of nitrogens with one attached hydrogen (secondary N) is 2. The van der Waals surface area contributed by atoms with Crippen LogP contribution in [0.3, 0.4) is 0 Å². The summed E-state index contributed by atoms with van der Waals surface area (Å²) in [6.45, 7) is 4.08. The molecule has 0 atom stereocenters. The maximum absolute atomic E-state index is 12.1. The second-order valence-electron chi connectivity index (χ2n) is 4.97. The van der Waals surface area contributed by atoms with Gasteiger partial charge in [-0.15, -0.1) is 0 Å². The number of benzene rings is 2. The maximum Gasteiger partial charge on any atom is 0.243 e. The molecule has 0 fully saturated rings. The van der Waals surface area contributed by atoms with E-state index in [0.717, 1.165) is 16.8 Å². The Bertz CT molecular complexity index is 730. The first-order chi connectivity index (χ1) is 10.5. The number of amides is 1. The largest absolute Gasteiger partial charge is 0.376 e. The molecule has 2 rings (SSSR count). The molecule has 1 amide bonds. The summed E-state index contributed by atoms with van der Waals surface area (Å²) in [7, 11) is 0. The highest BCUT2D eigenvalue weighted by Crippen LogP contribution is 2.21. The van der Waals surface area contributed by atoms with Crippen LogP contribution in [0, 0.1) is 25.2 Å². The molecular weight excluding hydrogens is 298 g/mol. The molecule has 112 valence electrons. The molecule has 0 aliphatic carbocycles. The minimum Gasteiger partial charge on any atom is -0.376 e. The lowest BCUT2D eigenvalue weighted by atomic mass is 10.1. The Morgan fingerprint density at radius 3 is 2.55 bits per heavy atom. The normalized spacial score (nSPS) is 9.91. The Kier molecular flexibility index (Phi) is 5.03. The zero-order chi connectivity index (χ0) is 16.1. The van der Waals surface area contributed by atoms with Crippen LogP contribution < -0.4 is 10.6 Å². The van der Waals surface area contributed by atoms with E-state index in [1.54, 1.807) is 18.2 Å². The fourth-order valence-electron chi connectivity index (χ4n) is 2.17. The third-order valence-corrected chi connectivity index (χ3v) is 3.52. The zero-order valence-electron chi connectivity index (χ0n) is 12.4. The minimum absolute atomic E-state index is 0.114. The van der Waals surface area contributed by atoms with Crippen LogP contribution in [-0.4, -0.2) is 12.5 Å². The summed E-state index contributed by atoms with van der Waals surface area (Å²) in [4.78, 5) is 12.1. The van der Waals surface area contributed by atoms with Gasteiger partial charge in [-0.2, -0.15) is 5.26 Å². The number of aryl methyl sites for hydroxylation is 2. The number of nitrogens with zero attached hydrogens (tertiary/aromatic N) is 1. The molecule has 0 bridgehead atoms. The molecule has 0 aromatic heterocycles. The Balaban J connectivity index is 2.05. The fraction of sp³-hybridized carbons (Fsp3) is 0.176. The molecule has 4 nitrogen and oxygen atoms in total. The first kappa shape index (κ1) is 15.9. The molecule has 0 saturated heterocycles. The van der Waals surface area contributed by atoms with Crippen molar-refractivity contribution in [1.82, 2.24) is 0 Å². The lowest BCUT2D eigenvalue weighted by Crippen LogP contribution is -2.22. The molecule has 0 aliphatic heterocycles. The smallest absolute Gasteiger partial charge is 0.243 e. The lowest BCUT2D eigenvalue weighted by Gasteiger charge is -2.13. The van der Waals surface area contributed by atoms with Gasteiger partial charge in [-0.25, -0.2) is 0 Å². The van der Waals surface area contributed by atoms with Crippen LogP contribution in [0.5, 0.6) is 0 Å². The highest BCUT2D eigenvalue weighted by atomic mass is 35.5. The van der Waals surface area contributed by atoms with Crippen LogP contribution >= 0.6 is 11.6 Å². The van der Waals surface area contributed by atoms with E-state index in [0.29, 0.717) is 16.3 Å². The van der Waals surface area contributed by atoms with Crippen LogP contribution in [0.15, 0.2) is 36.4 Å². The molecular formula is C17H16ClN3O. The van der Waals surface area contributed by atoms with Crippen molar-refractivity contribution >= 4 is 28.9 Å². The first-order valence-corrected chi connectivity index (χ1v) is 7.18. The quantitative estimate of drug-likeness (QED) is 0.900. The van der Waals surface area contributed by atoms with Gasteiger partial charge in [-0.3, -0.25) is 4.79 Å². The van der Waals surface area contributed by atoms with Crippen molar-refractivity contribution in [1.29, 1.82) is 5.26 Å². The van der Waals surface area contributed by atoms with Gasteiger partial charge in [0.1, 0.15) is 6.07 Å². The number of carbonyl (C=O) groups excluding carboxylic acids is 1. The van der Waals surface area contributed by atoms with Crippen LogP contribution in [0.1, 0.15) is 16.7 Å². The highest BCUT2D eigenvalue weighted by Gasteiger charge is 2.09. The summed E-state index contributed by atoms with van der Waals surface area (Å²) in [6, 6.07) is 12.7. The summed E-state index contributed by atoms with van der Waals surface area (Å²) in [5, 5.41) is 15.3. The average molecular weight is 314 g/mol. The van der Waals surface area contributed by atoms with Gasteiger partial charge >= 0.3 is 0 Å². The van der Waals surface area contributed by atoms with Crippen molar-refractivity contribution in [3.8, 4) is 6.07 Å². The summed E-state index contributed by atoms with van der Waals surface area (Å²) in [5.41, 5.74) is 3.90. The van der Waals surface area contributed by atoms with E-state index >= 15 is 0 Å². The van der Waals surface area contributed by atoms with Crippen molar-refractivity contribution < 1.29 is 4.79 Å². The number of rotatable bonds is 4. The standard InChI is InChI=1S/C17H16ClN3O/c1-11-4-3-5-12(2)17(11)20-10-16(22)21-15-8-14(18)7-6-13(15)9-19/h3-8,20H,10H2,1-2H3,(H,21,22). The molecule has 0 saturated carbocycles. The number of hydrogen-bond donors (Lipinski definition) is 2. The number of para-hydroxylation sites is 1. The van der Waals surface area contributed by atoms with Crippen LogP contribution in [-0.2, 0) is 4.79 Å². The van der Waals surface area contributed by atoms with Gasteiger partial charge in [-0.05, 0) is 43.2 Å². The SMILES string of the molecule is Cc1cccc(C)c1NCC(=O)Nc1cc(Cl)ccc1C#N. The predicted molar refractivity (Wildman–Crippen MR) is 89.2 cm³/mol. The predicted octanol–water partition coefficient (Wildman–Crippen LogP) is 3.88. The van der Waals surface area contributed by atoms with E-state index < -0.39 is 0 Å². The molecule has 5 heteroatoms. The molecule has 2 aromatic rings. The Morgan fingerprint density at radius 1 is 1.23 bits per heavy atom. The van der Waals surface area contributed by atoms with Crippen LogP contribution in [0.2, 0.25) is 5.02 Å². The Hall–Kier alpha value is -2.51. The molecule has 2 aromatic carbocycles. The molecule has 0 spiro atoms. The third kappa shape index (κ3) is 3.78. The van der Waals surface area contributed by atoms with E-state index in [-0.39, 0.29) is 12.5 Å². The lowest BCUT2D eigenvalue weighted by molar-refractivity contribution is -0.114. The highest BCUT2D eigenvalue weighted by molar-refractivity contribution is 6.31. The van der Waals surface area contributed by atoms with Gasteiger partial charge in [0.15, 0.2) is 0 Å². The fourth-order valence-corrected chi connectivity index (χ4v) is 2.35. The molecule has 2 N–H and O–H groups in total. The van der Waals surface area contributed by atoms with Gasteiger partial charge in [0, 0.05) is 10.7 Å². The summed E-state index contributed by atoms with van der Waals surface area (Å²) in [5.74, 6) is -0.235. The van der Waals surface area contributed by atoms with E-state index in [1.165, 1.54) is 0 Å². The van der Waals surface area contributed by atoms with E-state index in [1.807, 2.05) is 38.1 Å². The second kappa shape index (κ2) is 6.97. The van der Waals surface area contributed by atoms with Crippen LogP contribution in [0.25, 0.3) is 0 Å². The van der Waals surface area contributed by atoms with Gasteiger partial charge in [0.05, 0.1) is 17.8 Å². The summed E-state index contributed by atoms with van der Waals surface area (Å²) >= 11 is 5.90. The van der Waals surface area contributed by atoms with Crippen molar-refractivity contribution in [2.45, 2.75) is 13.8 Å². The van der Waals surface area contributed by atoms with Crippen molar-refractivity contribution in [3.05, 3.63) is 58.1 Å². The zero-order valence-corrected chi connectivity index (χ0v) is 13.2. The Labute approximate surface area is 134 Å². The minimum atomic E-state index is -0.235. The van der Waals surface area contributed by atoms with Crippen LogP contribution in [0.4, 0.5) is 11.4 Å². The summed E-state index contributed by atoms with van der Waals surface area (Å²) in [6.07, 6.45) is 0. The topological polar surface area (TPSA) is 64.9 Å². The van der Waals surface area contributed by atoms with E-state index in [4.69, 9.17) is 16.9 Å². The van der Waals surface area contributed by atoms with E-state index in [9.17, 15) is 4.79 Å². The number of halogens is 1. The van der Waals surface area contributed by atoms with Crippen molar-refractivity contribution in [3.63, 3.8) is 0 Å². The summed E-state index contributed by atoms with van der Waals surface area (Å²) < 4.78 is 0. The van der Waals surface area contributed by atoms with Gasteiger partial charge in [-0.1, -0.05) is 29.8 Å². The van der Waals surface area contributed by atoms with Crippen molar-refractivity contribution in [2.24, 2.45) is 0 Å². The number of hydrogen-bond acceptors (Lipinski definition) is 3. The molecule has 0 radical (unpaired) electrons. The third-order valence-electron chi connectivity index (χ3n) is 3.28. The maximum atomic E-state index is 12.1. The molecule has 0 unspecified atom stereocenters.